The number of hydrogen-bond donors (Lipinski definition) is 1. The van der Waals surface area contributed by atoms with Gasteiger partial charge in [0.25, 0.3) is 5.91 Å². The van der Waals surface area contributed by atoms with Gasteiger partial charge in [0, 0.05) is 5.56 Å². The van der Waals surface area contributed by atoms with Gasteiger partial charge in [-0.05, 0) is 43.2 Å². The molecule has 0 bridgehead atoms. The maximum atomic E-state index is 12.6. The molecule has 1 fully saturated rings. The van der Waals surface area contributed by atoms with E-state index in [0.717, 1.165) is 12.8 Å². The lowest BCUT2D eigenvalue weighted by Gasteiger charge is -2.21. The molecule has 2 aromatic rings. The number of rotatable bonds is 6. The molecule has 0 radical (unpaired) electrons. The summed E-state index contributed by atoms with van der Waals surface area (Å²) in [5.74, 6) is -1.53. The van der Waals surface area contributed by atoms with Gasteiger partial charge in [-0.25, -0.2) is 4.79 Å². The van der Waals surface area contributed by atoms with Crippen LogP contribution in [-0.4, -0.2) is 29.8 Å². The number of ether oxygens (including phenoxy) is 1. The number of amides is 1. The third-order valence-electron chi connectivity index (χ3n) is 4.52. The van der Waals surface area contributed by atoms with Crippen molar-refractivity contribution in [2.24, 2.45) is 0 Å². The smallest absolute Gasteiger partial charge is 0.339 e. The second-order valence-corrected chi connectivity index (χ2v) is 7.33. The summed E-state index contributed by atoms with van der Waals surface area (Å²) in [7, 11) is 0. The van der Waals surface area contributed by atoms with Crippen LogP contribution in [0.2, 0.25) is 0 Å². The average Bonchev–Trinajstić information content (AvgIpc) is 3.38. The van der Waals surface area contributed by atoms with Crippen molar-refractivity contribution < 1.29 is 19.1 Å². The van der Waals surface area contributed by atoms with Gasteiger partial charge in [-0.1, -0.05) is 24.3 Å². The Bertz CT molecular complexity index is 893. The van der Waals surface area contributed by atoms with E-state index in [1.54, 1.807) is 35.7 Å². The highest BCUT2D eigenvalue weighted by atomic mass is 32.1. The summed E-state index contributed by atoms with van der Waals surface area (Å²) in [6.07, 6.45) is 2.96. The van der Waals surface area contributed by atoms with Crippen LogP contribution in [0.4, 0.5) is 0 Å². The van der Waals surface area contributed by atoms with Crippen molar-refractivity contribution >= 4 is 29.0 Å². The molecule has 6 nitrogen and oxygen atoms in total. The van der Waals surface area contributed by atoms with Crippen molar-refractivity contribution in [3.8, 4) is 6.07 Å². The van der Waals surface area contributed by atoms with Crippen LogP contribution in [0.25, 0.3) is 0 Å². The number of esters is 1. The van der Waals surface area contributed by atoms with Crippen LogP contribution in [0.15, 0.2) is 41.8 Å². The molecule has 3 rings (SSSR count). The first-order chi connectivity index (χ1) is 13.0. The predicted molar refractivity (Wildman–Crippen MR) is 99.4 cm³/mol. The highest BCUT2D eigenvalue weighted by molar-refractivity contribution is 7.12. The number of nitriles is 1. The zero-order valence-corrected chi connectivity index (χ0v) is 15.4. The lowest BCUT2D eigenvalue weighted by atomic mass is 10.00. The minimum absolute atomic E-state index is 0.111. The number of carbonyl (C=O) groups is 3. The minimum atomic E-state index is -0.865. The zero-order chi connectivity index (χ0) is 19.3. The quantitative estimate of drug-likeness (QED) is 0.612. The molecule has 0 spiro atoms. The average molecular weight is 382 g/mol. The molecule has 1 aromatic carbocycles. The predicted octanol–water partition coefficient (Wildman–Crippen LogP) is 3.09. The van der Waals surface area contributed by atoms with Crippen LogP contribution in [0.3, 0.4) is 0 Å². The first-order valence-corrected chi connectivity index (χ1v) is 9.49. The van der Waals surface area contributed by atoms with Gasteiger partial charge in [-0.3, -0.25) is 9.59 Å². The van der Waals surface area contributed by atoms with E-state index in [2.05, 4.69) is 11.4 Å². The molecular formula is C20H18N2O4S. The maximum Gasteiger partial charge on any atom is 0.339 e. The fourth-order valence-corrected chi connectivity index (χ4v) is 3.83. The van der Waals surface area contributed by atoms with Crippen LogP contribution in [0.5, 0.6) is 0 Å². The van der Waals surface area contributed by atoms with E-state index >= 15 is 0 Å². The summed E-state index contributed by atoms with van der Waals surface area (Å²) >= 11 is 1.29. The molecule has 0 aliphatic heterocycles. The molecular weight excluding hydrogens is 364 g/mol. The highest BCUT2D eigenvalue weighted by Gasteiger charge is 2.35. The number of ketones is 1. The number of nitrogens with one attached hydrogen (secondary N) is 1. The molecule has 1 amide bonds. The molecule has 1 N–H and O–H groups in total. The Balaban J connectivity index is 1.66. The van der Waals surface area contributed by atoms with Crippen molar-refractivity contribution in [3.63, 3.8) is 0 Å². The van der Waals surface area contributed by atoms with Gasteiger partial charge in [0.15, 0.2) is 6.61 Å². The summed E-state index contributed by atoms with van der Waals surface area (Å²) in [6, 6.07) is 11.9. The summed E-state index contributed by atoms with van der Waals surface area (Å²) in [5, 5.41) is 13.8. The third-order valence-corrected chi connectivity index (χ3v) is 5.39. The lowest BCUT2D eigenvalue weighted by molar-refractivity contribution is -0.125. The van der Waals surface area contributed by atoms with E-state index < -0.39 is 24.0 Å². The molecule has 138 valence electrons. The molecule has 1 aliphatic rings. The van der Waals surface area contributed by atoms with Crippen LogP contribution in [-0.2, 0) is 9.53 Å². The summed E-state index contributed by atoms with van der Waals surface area (Å²) in [6.45, 7) is -0.496. The second kappa shape index (κ2) is 8.14. The summed E-state index contributed by atoms with van der Waals surface area (Å²) < 4.78 is 5.09. The van der Waals surface area contributed by atoms with Crippen LogP contribution >= 0.6 is 11.3 Å². The minimum Gasteiger partial charge on any atom is -0.452 e. The molecule has 1 heterocycles. The topological polar surface area (TPSA) is 96.3 Å². The van der Waals surface area contributed by atoms with Crippen molar-refractivity contribution in [2.45, 2.75) is 31.2 Å². The van der Waals surface area contributed by atoms with Gasteiger partial charge in [0.2, 0.25) is 5.78 Å². The van der Waals surface area contributed by atoms with E-state index in [-0.39, 0.29) is 16.9 Å². The van der Waals surface area contributed by atoms with E-state index in [1.165, 1.54) is 17.4 Å². The first-order valence-electron chi connectivity index (χ1n) is 8.61. The van der Waals surface area contributed by atoms with E-state index in [1.807, 2.05) is 0 Å². The van der Waals surface area contributed by atoms with E-state index in [9.17, 15) is 19.6 Å². The van der Waals surface area contributed by atoms with Crippen molar-refractivity contribution in [1.82, 2.24) is 5.32 Å². The fourth-order valence-electron chi connectivity index (χ4n) is 3.15. The van der Waals surface area contributed by atoms with Crippen molar-refractivity contribution in [2.75, 3.05) is 6.61 Å². The van der Waals surface area contributed by atoms with Gasteiger partial charge >= 0.3 is 5.97 Å². The SMILES string of the molecule is N#CC1(NC(=O)COC(=O)c2ccccc2C(=O)c2cccs2)CCCC1. The number of benzene rings is 1. The lowest BCUT2D eigenvalue weighted by Crippen LogP contribution is -2.46. The monoisotopic (exact) mass is 382 g/mol. The highest BCUT2D eigenvalue weighted by Crippen LogP contribution is 2.28. The Morgan fingerprint density at radius 3 is 2.44 bits per heavy atom. The fraction of sp³-hybridized carbons (Fsp3) is 0.300. The summed E-state index contributed by atoms with van der Waals surface area (Å²) in [4.78, 5) is 37.6. The van der Waals surface area contributed by atoms with E-state index in [4.69, 9.17) is 4.74 Å². The first kappa shape index (κ1) is 18.8. The molecule has 0 unspecified atom stereocenters. The molecule has 1 saturated carbocycles. The molecule has 7 heteroatoms. The van der Waals surface area contributed by atoms with Crippen LogP contribution < -0.4 is 5.32 Å². The second-order valence-electron chi connectivity index (χ2n) is 6.38. The molecule has 0 atom stereocenters. The van der Waals surface area contributed by atoms with Crippen molar-refractivity contribution in [1.29, 1.82) is 5.26 Å². The Morgan fingerprint density at radius 2 is 1.81 bits per heavy atom. The Morgan fingerprint density at radius 1 is 1.11 bits per heavy atom. The molecule has 27 heavy (non-hydrogen) atoms. The number of nitrogens with zero attached hydrogens (tertiary/aromatic N) is 1. The Kier molecular flexibility index (Phi) is 5.67. The van der Waals surface area contributed by atoms with Crippen molar-refractivity contribution in [3.05, 3.63) is 57.8 Å². The zero-order valence-electron chi connectivity index (χ0n) is 14.6. The van der Waals surface area contributed by atoms with Gasteiger partial charge in [0.05, 0.1) is 16.5 Å². The standard InChI is InChI=1S/C20H18N2O4S/c21-13-20(9-3-4-10-20)22-17(23)12-26-19(25)15-7-2-1-6-14(15)18(24)16-8-5-11-27-16/h1-2,5-8,11H,3-4,9-10,12H2,(H,22,23). The largest absolute Gasteiger partial charge is 0.452 e. The van der Waals surface area contributed by atoms with Gasteiger partial charge in [-0.2, -0.15) is 5.26 Å². The number of carbonyl (C=O) groups excluding carboxylic acids is 3. The number of hydrogen-bond acceptors (Lipinski definition) is 6. The van der Waals surface area contributed by atoms with Gasteiger partial charge in [-0.15, -0.1) is 11.3 Å². The van der Waals surface area contributed by atoms with Crippen LogP contribution in [0, 0.1) is 11.3 Å². The van der Waals surface area contributed by atoms with E-state index in [0.29, 0.717) is 17.7 Å². The molecule has 1 aliphatic carbocycles. The normalized spacial score (nSPS) is 14.9. The van der Waals surface area contributed by atoms with Crippen LogP contribution in [0.1, 0.15) is 51.3 Å². The summed E-state index contributed by atoms with van der Waals surface area (Å²) in [5.41, 5.74) is -0.523. The maximum absolute atomic E-state index is 12.6. The third kappa shape index (κ3) is 4.23. The Labute approximate surface area is 160 Å². The van der Waals surface area contributed by atoms with Gasteiger partial charge in [0.1, 0.15) is 5.54 Å². The number of thiophene rings is 1. The molecule has 0 saturated heterocycles. The molecule has 1 aromatic heterocycles. The Hall–Kier alpha value is -2.98. The van der Waals surface area contributed by atoms with Gasteiger partial charge < -0.3 is 10.1 Å².